The van der Waals surface area contributed by atoms with Crippen molar-refractivity contribution in [1.82, 2.24) is 10.2 Å². The third-order valence-electron chi connectivity index (χ3n) is 6.70. The van der Waals surface area contributed by atoms with E-state index in [2.05, 4.69) is 53.5 Å². The summed E-state index contributed by atoms with van der Waals surface area (Å²) in [6.45, 7) is 5.35. The molecule has 0 spiro atoms. The Morgan fingerprint density at radius 3 is 1.79 bits per heavy atom. The molecule has 14 heteroatoms. The number of alkyl halides is 6. The van der Waals surface area contributed by atoms with Crippen LogP contribution in [0.15, 0.2) is 60.2 Å². The Morgan fingerprint density at radius 1 is 0.860 bits per heavy atom. The number of nitrogens with one attached hydrogen (secondary N) is 1. The second kappa shape index (κ2) is 15.5. The quantitative estimate of drug-likeness (QED) is 0.291. The van der Waals surface area contributed by atoms with E-state index >= 15 is 0 Å². The van der Waals surface area contributed by atoms with E-state index < -0.39 is 30.3 Å². The largest absolute Gasteiger partial charge is 0.490 e. The lowest BCUT2D eigenvalue weighted by Gasteiger charge is -2.32. The average Bonchev–Trinajstić information content (AvgIpc) is 3.70. The van der Waals surface area contributed by atoms with Crippen molar-refractivity contribution >= 4 is 24.0 Å². The second-order valence-electron chi connectivity index (χ2n) is 10.1. The maximum atomic E-state index is 11.0. The van der Waals surface area contributed by atoms with Crippen LogP contribution in [0.25, 0.3) is 6.08 Å². The highest BCUT2D eigenvalue weighted by molar-refractivity contribution is 5.87. The van der Waals surface area contributed by atoms with Gasteiger partial charge in [-0.15, -0.1) is 0 Å². The molecule has 1 saturated carbocycles. The minimum atomic E-state index is -5.08. The zero-order valence-electron chi connectivity index (χ0n) is 23.0. The molecule has 1 saturated heterocycles. The lowest BCUT2D eigenvalue weighted by atomic mass is 10.0. The molecule has 2 atom stereocenters. The zero-order chi connectivity index (χ0) is 32.4. The number of nitrogens with zero attached hydrogens (tertiary/aromatic N) is 1. The van der Waals surface area contributed by atoms with Crippen LogP contribution < -0.4 is 5.32 Å². The fourth-order valence-corrected chi connectivity index (χ4v) is 4.37. The molecule has 0 radical (unpaired) electrons. The minimum Gasteiger partial charge on any atom is -0.478 e. The molecule has 43 heavy (non-hydrogen) atoms. The van der Waals surface area contributed by atoms with Gasteiger partial charge in [0.2, 0.25) is 0 Å². The standard InChI is InChI=1S/C25H30N2O2.2C2HF3O2/c1-18(15-19-5-3-2-4-6-19)23-16-24(23)26-22-11-13-27(14-12-22)17-20-7-9-21(10-8-20)25(28)29;2*3-2(4,5)1(6)7/h2-10,15,22-24,26H,11-14,16-17H2,1H3,(H,28,29);2*(H,6,7)/b18-15+;;/t23-,24+;;/m0../s1. The van der Waals surface area contributed by atoms with Gasteiger partial charge in [0.15, 0.2) is 0 Å². The van der Waals surface area contributed by atoms with Crippen molar-refractivity contribution in [3.05, 3.63) is 76.9 Å². The smallest absolute Gasteiger partial charge is 0.478 e. The summed E-state index contributed by atoms with van der Waals surface area (Å²) in [6, 6.07) is 19.1. The number of aromatic carboxylic acids is 1. The number of aliphatic carboxylic acids is 2. The predicted molar refractivity (Wildman–Crippen MR) is 144 cm³/mol. The van der Waals surface area contributed by atoms with Gasteiger partial charge in [0.25, 0.3) is 0 Å². The molecule has 236 valence electrons. The third-order valence-corrected chi connectivity index (χ3v) is 6.70. The number of carboxylic acids is 3. The summed E-state index contributed by atoms with van der Waals surface area (Å²) in [5, 5.41) is 27.1. The summed E-state index contributed by atoms with van der Waals surface area (Å²) in [7, 11) is 0. The lowest BCUT2D eigenvalue weighted by molar-refractivity contribution is -0.193. The molecular formula is C29H32F6N2O6. The first-order valence-electron chi connectivity index (χ1n) is 13.1. The van der Waals surface area contributed by atoms with Crippen LogP contribution in [0.3, 0.4) is 0 Å². The van der Waals surface area contributed by atoms with E-state index in [0.717, 1.165) is 19.6 Å². The van der Waals surface area contributed by atoms with E-state index in [9.17, 15) is 31.1 Å². The van der Waals surface area contributed by atoms with E-state index in [4.69, 9.17) is 24.9 Å². The van der Waals surface area contributed by atoms with Crippen molar-refractivity contribution in [3.63, 3.8) is 0 Å². The Kier molecular flexibility index (Phi) is 12.7. The Morgan fingerprint density at radius 2 is 1.35 bits per heavy atom. The number of benzene rings is 2. The van der Waals surface area contributed by atoms with Gasteiger partial charge >= 0.3 is 30.3 Å². The Bertz CT molecular complexity index is 1220. The fourth-order valence-electron chi connectivity index (χ4n) is 4.37. The molecule has 0 bridgehead atoms. The van der Waals surface area contributed by atoms with Gasteiger partial charge in [-0.3, -0.25) is 4.90 Å². The highest BCUT2D eigenvalue weighted by atomic mass is 19.4. The molecule has 2 aromatic rings. The van der Waals surface area contributed by atoms with Crippen LogP contribution in [0.2, 0.25) is 0 Å². The normalized spacial score (nSPS) is 19.3. The number of likely N-dealkylation sites (tertiary alicyclic amines) is 1. The second-order valence-corrected chi connectivity index (χ2v) is 10.1. The number of carboxylic acid groups (broad SMARTS) is 3. The van der Waals surface area contributed by atoms with Gasteiger partial charge in [0.1, 0.15) is 0 Å². The predicted octanol–water partition coefficient (Wildman–Crippen LogP) is 5.70. The first-order chi connectivity index (χ1) is 20.0. The van der Waals surface area contributed by atoms with Crippen LogP contribution in [0, 0.1) is 5.92 Å². The lowest BCUT2D eigenvalue weighted by Crippen LogP contribution is -2.43. The van der Waals surface area contributed by atoms with Gasteiger partial charge < -0.3 is 20.6 Å². The monoisotopic (exact) mass is 618 g/mol. The molecule has 0 aromatic heterocycles. The van der Waals surface area contributed by atoms with Gasteiger partial charge in [-0.1, -0.05) is 54.1 Å². The maximum Gasteiger partial charge on any atom is 0.490 e. The number of rotatable bonds is 7. The Balaban J connectivity index is 0.000000384. The molecule has 2 aromatic carbocycles. The van der Waals surface area contributed by atoms with Crippen LogP contribution in [0.1, 0.15) is 47.7 Å². The molecule has 2 aliphatic rings. The van der Waals surface area contributed by atoms with Crippen molar-refractivity contribution < 1.29 is 56.0 Å². The third kappa shape index (κ3) is 12.9. The van der Waals surface area contributed by atoms with E-state index in [1.807, 2.05) is 12.1 Å². The minimum absolute atomic E-state index is 0.354. The van der Waals surface area contributed by atoms with E-state index in [1.54, 1.807) is 12.1 Å². The van der Waals surface area contributed by atoms with Crippen LogP contribution in [-0.4, -0.2) is 75.7 Å². The van der Waals surface area contributed by atoms with Crippen molar-refractivity contribution in [2.75, 3.05) is 13.1 Å². The van der Waals surface area contributed by atoms with Crippen molar-refractivity contribution in [2.24, 2.45) is 5.92 Å². The number of carbonyl (C=O) groups is 3. The molecule has 1 heterocycles. The van der Waals surface area contributed by atoms with Gasteiger partial charge in [-0.25, -0.2) is 14.4 Å². The first kappa shape index (κ1) is 35.3. The molecule has 8 nitrogen and oxygen atoms in total. The zero-order valence-corrected chi connectivity index (χ0v) is 23.0. The molecule has 0 unspecified atom stereocenters. The number of piperidine rings is 1. The number of hydrogen-bond acceptors (Lipinski definition) is 5. The molecule has 1 aliphatic heterocycles. The van der Waals surface area contributed by atoms with E-state index in [-0.39, 0.29) is 0 Å². The van der Waals surface area contributed by atoms with Gasteiger partial charge in [0.05, 0.1) is 5.56 Å². The summed E-state index contributed by atoms with van der Waals surface area (Å²) in [4.78, 5) is 31.2. The number of hydrogen-bond donors (Lipinski definition) is 4. The maximum absolute atomic E-state index is 11.0. The SMILES string of the molecule is C/C(=C\c1ccccc1)[C@@H]1C[C@H]1NC1CCN(Cc2ccc(C(=O)O)cc2)CC1.O=C(O)C(F)(F)F.O=C(O)C(F)(F)F. The van der Waals surface area contributed by atoms with Crippen molar-refractivity contribution in [2.45, 2.75) is 57.2 Å². The van der Waals surface area contributed by atoms with Crippen LogP contribution in [0.5, 0.6) is 0 Å². The number of halogens is 6. The van der Waals surface area contributed by atoms with Crippen molar-refractivity contribution in [3.8, 4) is 0 Å². The fraction of sp³-hybridized carbons (Fsp3) is 0.414. The van der Waals surface area contributed by atoms with Crippen LogP contribution in [0.4, 0.5) is 26.3 Å². The Labute approximate surface area is 243 Å². The summed E-state index contributed by atoms with van der Waals surface area (Å²) in [5.74, 6) is -5.70. The molecule has 2 fully saturated rings. The first-order valence-corrected chi connectivity index (χ1v) is 13.1. The topological polar surface area (TPSA) is 127 Å². The highest BCUT2D eigenvalue weighted by Crippen LogP contribution is 2.38. The van der Waals surface area contributed by atoms with Gasteiger partial charge in [-0.2, -0.15) is 26.3 Å². The molecule has 4 N–H and O–H groups in total. The molecule has 1 aliphatic carbocycles. The van der Waals surface area contributed by atoms with Crippen LogP contribution in [-0.2, 0) is 16.1 Å². The summed E-state index contributed by atoms with van der Waals surface area (Å²) < 4.78 is 63.5. The molecular weight excluding hydrogens is 586 g/mol. The van der Waals surface area contributed by atoms with E-state index in [1.165, 1.54) is 36.0 Å². The van der Waals surface area contributed by atoms with Crippen molar-refractivity contribution in [1.29, 1.82) is 0 Å². The van der Waals surface area contributed by atoms with E-state index in [0.29, 0.717) is 23.6 Å². The summed E-state index contributed by atoms with van der Waals surface area (Å²) in [5.41, 5.74) is 4.31. The average molecular weight is 619 g/mol. The van der Waals surface area contributed by atoms with Crippen LogP contribution >= 0.6 is 0 Å². The molecule has 4 rings (SSSR count). The molecule has 0 amide bonds. The summed E-state index contributed by atoms with van der Waals surface area (Å²) in [6.07, 6.45) is -4.23. The summed E-state index contributed by atoms with van der Waals surface area (Å²) >= 11 is 0. The van der Waals surface area contributed by atoms with Gasteiger partial charge in [0, 0.05) is 18.6 Å². The highest BCUT2D eigenvalue weighted by Gasteiger charge is 2.40. The Hall–Kier alpha value is -3.91. The van der Waals surface area contributed by atoms with Gasteiger partial charge in [-0.05, 0) is 68.5 Å².